The van der Waals surface area contributed by atoms with Gasteiger partial charge in [0.05, 0.1) is 4.92 Å². The number of nitro groups is 1. The van der Waals surface area contributed by atoms with Gasteiger partial charge in [-0.1, -0.05) is 12.1 Å². The summed E-state index contributed by atoms with van der Waals surface area (Å²) in [4.78, 5) is 18.4. The minimum atomic E-state index is -0.519. The molecule has 2 aromatic heterocycles. The fraction of sp³-hybridized carbons (Fsp3) is 0. The van der Waals surface area contributed by atoms with E-state index in [0.29, 0.717) is 5.75 Å². The summed E-state index contributed by atoms with van der Waals surface area (Å²) in [6.45, 7) is 0. The maximum Gasteiger partial charge on any atom is 0.331 e. The quantitative estimate of drug-likeness (QED) is 0.537. The number of aromatic nitrogens is 2. The van der Waals surface area contributed by atoms with Gasteiger partial charge in [0, 0.05) is 35.4 Å². The fourth-order valence-corrected chi connectivity index (χ4v) is 1.89. The highest BCUT2D eigenvalue weighted by molar-refractivity contribution is 5.87. The van der Waals surface area contributed by atoms with Gasteiger partial charge in [0.25, 0.3) is 5.88 Å². The maximum absolute atomic E-state index is 11.0. The average molecular weight is 267 g/mol. The van der Waals surface area contributed by atoms with Gasteiger partial charge in [0.1, 0.15) is 5.75 Å². The van der Waals surface area contributed by atoms with Crippen molar-refractivity contribution < 1.29 is 9.66 Å². The van der Waals surface area contributed by atoms with Crippen molar-refractivity contribution in [3.63, 3.8) is 0 Å². The summed E-state index contributed by atoms with van der Waals surface area (Å²) in [5, 5.41) is 12.7. The number of pyridine rings is 2. The monoisotopic (exact) mass is 267 g/mol. The molecule has 0 saturated carbocycles. The van der Waals surface area contributed by atoms with E-state index in [-0.39, 0.29) is 11.6 Å². The maximum atomic E-state index is 11.0. The Labute approximate surface area is 113 Å². The number of ether oxygens (including phenoxy) is 1. The van der Waals surface area contributed by atoms with Crippen molar-refractivity contribution in [1.29, 1.82) is 0 Å². The molecule has 0 aliphatic rings. The largest absolute Gasteiger partial charge is 0.433 e. The minimum absolute atomic E-state index is 0.0261. The van der Waals surface area contributed by atoms with Crippen LogP contribution in [0.15, 0.2) is 55.0 Å². The predicted molar refractivity (Wildman–Crippen MR) is 72.7 cm³/mol. The summed E-state index contributed by atoms with van der Waals surface area (Å²) in [6, 6.07) is 10.1. The molecule has 98 valence electrons. The van der Waals surface area contributed by atoms with Crippen molar-refractivity contribution in [2.45, 2.75) is 0 Å². The Morgan fingerprint density at radius 2 is 2.00 bits per heavy atom. The zero-order valence-electron chi connectivity index (χ0n) is 10.3. The molecule has 6 heteroatoms. The molecular weight excluding hydrogens is 258 g/mol. The van der Waals surface area contributed by atoms with Crippen molar-refractivity contribution in [2.24, 2.45) is 0 Å². The van der Waals surface area contributed by atoms with Gasteiger partial charge in [-0.15, -0.1) is 0 Å². The van der Waals surface area contributed by atoms with E-state index in [1.165, 1.54) is 18.3 Å². The van der Waals surface area contributed by atoms with E-state index >= 15 is 0 Å². The highest BCUT2D eigenvalue weighted by Gasteiger charge is 2.17. The average Bonchev–Trinajstić information content (AvgIpc) is 2.48. The highest BCUT2D eigenvalue weighted by atomic mass is 16.6. The molecule has 20 heavy (non-hydrogen) atoms. The predicted octanol–water partition coefficient (Wildman–Crippen LogP) is 3.33. The summed E-state index contributed by atoms with van der Waals surface area (Å²) in [5.74, 6) is 0.480. The van der Waals surface area contributed by atoms with Crippen LogP contribution in [-0.4, -0.2) is 14.9 Å². The minimum Gasteiger partial charge on any atom is -0.433 e. The third-order valence-electron chi connectivity index (χ3n) is 2.80. The molecule has 6 nitrogen and oxygen atoms in total. The Morgan fingerprint density at radius 1 is 1.10 bits per heavy atom. The van der Waals surface area contributed by atoms with Crippen LogP contribution >= 0.6 is 0 Å². The second-order valence-corrected chi connectivity index (χ2v) is 4.04. The molecule has 0 saturated heterocycles. The number of fused-ring (bicyclic) bond motifs is 1. The van der Waals surface area contributed by atoms with Crippen molar-refractivity contribution in [3.8, 4) is 11.6 Å². The molecule has 0 aliphatic carbocycles. The number of benzene rings is 1. The first-order valence-electron chi connectivity index (χ1n) is 5.86. The third-order valence-corrected chi connectivity index (χ3v) is 2.80. The van der Waals surface area contributed by atoms with E-state index in [4.69, 9.17) is 4.74 Å². The first kappa shape index (κ1) is 12.0. The van der Waals surface area contributed by atoms with Gasteiger partial charge in [-0.25, -0.2) is 4.98 Å². The van der Waals surface area contributed by atoms with Crippen LogP contribution in [0.4, 0.5) is 5.69 Å². The summed E-state index contributed by atoms with van der Waals surface area (Å²) in [6.07, 6.45) is 4.80. The zero-order valence-corrected chi connectivity index (χ0v) is 10.3. The second-order valence-electron chi connectivity index (χ2n) is 4.04. The highest BCUT2D eigenvalue weighted by Crippen LogP contribution is 2.32. The SMILES string of the molecule is O=[N+]([O-])c1cccnc1Oc1cccc2cnccc12. The summed E-state index contributed by atoms with van der Waals surface area (Å²) in [5.41, 5.74) is -0.168. The Kier molecular flexibility index (Phi) is 2.96. The van der Waals surface area contributed by atoms with Gasteiger partial charge >= 0.3 is 5.69 Å². The van der Waals surface area contributed by atoms with Gasteiger partial charge in [0.2, 0.25) is 0 Å². The Hall–Kier alpha value is -3.02. The van der Waals surface area contributed by atoms with Crippen LogP contribution in [0.5, 0.6) is 11.6 Å². The molecule has 3 aromatic rings. The molecule has 0 fully saturated rings. The lowest BCUT2D eigenvalue weighted by molar-refractivity contribution is -0.386. The molecular formula is C14H9N3O3. The van der Waals surface area contributed by atoms with Crippen LogP contribution < -0.4 is 4.74 Å². The number of nitrogens with zero attached hydrogens (tertiary/aromatic N) is 3. The molecule has 0 radical (unpaired) electrons. The molecule has 0 aliphatic heterocycles. The molecule has 0 bridgehead atoms. The van der Waals surface area contributed by atoms with Gasteiger partial charge in [0.15, 0.2) is 0 Å². The summed E-state index contributed by atoms with van der Waals surface area (Å²) in [7, 11) is 0. The normalized spacial score (nSPS) is 10.4. The van der Waals surface area contributed by atoms with Crippen molar-refractivity contribution >= 4 is 16.5 Å². The molecule has 0 N–H and O–H groups in total. The van der Waals surface area contributed by atoms with Crippen molar-refractivity contribution in [3.05, 3.63) is 65.1 Å². The van der Waals surface area contributed by atoms with Crippen LogP contribution in [0, 0.1) is 10.1 Å². The molecule has 0 unspecified atom stereocenters. The lowest BCUT2D eigenvalue weighted by Gasteiger charge is -2.07. The molecule has 0 spiro atoms. The smallest absolute Gasteiger partial charge is 0.331 e. The van der Waals surface area contributed by atoms with E-state index in [9.17, 15) is 10.1 Å². The van der Waals surface area contributed by atoms with Gasteiger partial charge in [-0.3, -0.25) is 15.1 Å². The first-order valence-corrected chi connectivity index (χ1v) is 5.86. The number of rotatable bonds is 3. The van der Waals surface area contributed by atoms with E-state index < -0.39 is 4.92 Å². The van der Waals surface area contributed by atoms with Crippen LogP contribution in [-0.2, 0) is 0 Å². The molecule has 2 heterocycles. The fourth-order valence-electron chi connectivity index (χ4n) is 1.89. The van der Waals surface area contributed by atoms with Crippen LogP contribution in [0.2, 0.25) is 0 Å². The molecule has 1 aromatic carbocycles. The molecule has 0 amide bonds. The first-order chi connectivity index (χ1) is 9.75. The lowest BCUT2D eigenvalue weighted by atomic mass is 10.1. The molecule has 0 atom stereocenters. The van der Waals surface area contributed by atoms with Gasteiger partial charge in [-0.2, -0.15) is 0 Å². The van der Waals surface area contributed by atoms with E-state index in [2.05, 4.69) is 9.97 Å². The second kappa shape index (κ2) is 4.93. The Morgan fingerprint density at radius 3 is 2.85 bits per heavy atom. The molecule has 3 rings (SSSR count). The van der Waals surface area contributed by atoms with E-state index in [0.717, 1.165) is 10.8 Å². The van der Waals surface area contributed by atoms with Crippen molar-refractivity contribution in [2.75, 3.05) is 0 Å². The summed E-state index contributed by atoms with van der Waals surface area (Å²) < 4.78 is 5.60. The van der Waals surface area contributed by atoms with Gasteiger partial charge in [-0.05, 0) is 18.2 Å². The number of hydrogen-bond acceptors (Lipinski definition) is 5. The van der Waals surface area contributed by atoms with E-state index in [1.54, 1.807) is 30.6 Å². The Bertz CT molecular complexity index is 784. The standard InChI is InChI=1S/C14H9N3O3/c18-17(19)12-4-2-7-16-14(12)20-13-5-1-3-10-9-15-8-6-11(10)13/h1-9H. The lowest BCUT2D eigenvalue weighted by Crippen LogP contribution is -1.95. The van der Waals surface area contributed by atoms with Crippen LogP contribution in [0.25, 0.3) is 10.8 Å². The van der Waals surface area contributed by atoms with Crippen molar-refractivity contribution in [1.82, 2.24) is 9.97 Å². The Balaban J connectivity index is 2.08. The van der Waals surface area contributed by atoms with Crippen LogP contribution in [0.3, 0.4) is 0 Å². The summed E-state index contributed by atoms with van der Waals surface area (Å²) >= 11 is 0. The van der Waals surface area contributed by atoms with E-state index in [1.807, 2.05) is 6.07 Å². The number of hydrogen-bond donors (Lipinski definition) is 0. The third kappa shape index (κ3) is 2.14. The van der Waals surface area contributed by atoms with Crippen LogP contribution in [0.1, 0.15) is 0 Å². The topological polar surface area (TPSA) is 78.2 Å². The zero-order chi connectivity index (χ0) is 13.9. The van der Waals surface area contributed by atoms with Gasteiger partial charge < -0.3 is 4.74 Å².